The smallest absolute Gasteiger partial charge is 0.294 e. The van der Waals surface area contributed by atoms with Crippen molar-refractivity contribution < 1.29 is 15.0 Å². The van der Waals surface area contributed by atoms with Gasteiger partial charge in [-0.25, -0.2) is 10.0 Å². The maximum Gasteiger partial charge on any atom is 0.294 e. The summed E-state index contributed by atoms with van der Waals surface area (Å²) in [6.07, 6.45) is 1.88. The fourth-order valence-corrected chi connectivity index (χ4v) is 3.35. The number of carbonyl (C=O) groups excluding carboxylic acids is 1. The van der Waals surface area contributed by atoms with Crippen LogP contribution in [0.1, 0.15) is 18.4 Å². The van der Waals surface area contributed by atoms with Crippen molar-refractivity contribution in [3.8, 4) is 0 Å². The average molecular weight is 374 g/mol. The molecule has 0 aromatic heterocycles. The zero-order valence-corrected chi connectivity index (χ0v) is 15.5. The topological polar surface area (TPSA) is 124 Å². The van der Waals surface area contributed by atoms with Crippen LogP contribution in [0, 0.1) is 12.3 Å². The lowest BCUT2D eigenvalue weighted by molar-refractivity contribution is -0.134. The van der Waals surface area contributed by atoms with E-state index in [1.807, 2.05) is 13.0 Å². The van der Waals surface area contributed by atoms with Crippen LogP contribution in [0.15, 0.2) is 17.1 Å². The Balaban J connectivity index is 1.97. The van der Waals surface area contributed by atoms with Gasteiger partial charge in [-0.3, -0.25) is 15.2 Å². The Labute approximate surface area is 158 Å². The van der Waals surface area contributed by atoms with Crippen molar-refractivity contribution in [2.24, 2.45) is 4.99 Å². The fraction of sp³-hybridized carbons (Fsp3) is 0.500. The van der Waals surface area contributed by atoms with Gasteiger partial charge in [0.2, 0.25) is 0 Å². The predicted molar refractivity (Wildman–Crippen MR) is 105 cm³/mol. The van der Waals surface area contributed by atoms with Gasteiger partial charge in [-0.15, -0.1) is 0 Å². The van der Waals surface area contributed by atoms with E-state index in [0.29, 0.717) is 37.6 Å². The number of aliphatic hydroxyl groups excluding tert-OH is 2. The van der Waals surface area contributed by atoms with Gasteiger partial charge >= 0.3 is 0 Å². The van der Waals surface area contributed by atoms with Gasteiger partial charge in [-0.05, 0) is 37.5 Å². The maximum absolute atomic E-state index is 12.7. The first-order valence-electron chi connectivity index (χ1n) is 9.18. The molecule has 1 aromatic carbocycles. The number of nitrogens with one attached hydrogen (secondary N) is 3. The fourth-order valence-electron chi connectivity index (χ4n) is 3.35. The lowest BCUT2D eigenvalue weighted by Crippen LogP contribution is -2.45. The Morgan fingerprint density at radius 2 is 1.78 bits per heavy atom. The first-order chi connectivity index (χ1) is 13.1. The summed E-state index contributed by atoms with van der Waals surface area (Å²) in [5, 5.41) is 36.1. The van der Waals surface area contributed by atoms with Crippen LogP contribution in [0.2, 0.25) is 0 Å². The standard InChI is InChI=1S/C18H26N6O3/c1-12-13(20-6-10-25)4-5-14(15(12)21-7-11-26)22-16-17(19)23-8-2-3-9-24(23)18(16)27/h4-5,19-21,25-26H,2-3,6-11H2,1H3. The Kier molecular flexibility index (Phi) is 5.92. The zero-order chi connectivity index (χ0) is 19.4. The third-order valence-corrected chi connectivity index (χ3v) is 4.72. The minimum absolute atomic E-state index is 0.0141. The largest absolute Gasteiger partial charge is 0.395 e. The van der Waals surface area contributed by atoms with E-state index < -0.39 is 0 Å². The van der Waals surface area contributed by atoms with Crippen LogP contribution in [0.4, 0.5) is 17.1 Å². The van der Waals surface area contributed by atoms with Crippen molar-refractivity contribution in [2.45, 2.75) is 19.8 Å². The lowest BCUT2D eigenvalue weighted by atomic mass is 10.1. The quantitative estimate of drug-likeness (QED) is 0.479. The number of hydrogen-bond acceptors (Lipinski definition) is 7. The van der Waals surface area contributed by atoms with Crippen LogP contribution in [-0.4, -0.2) is 77.1 Å². The number of fused-ring (bicyclic) bond motifs is 1. The van der Waals surface area contributed by atoms with Crippen LogP contribution in [0.25, 0.3) is 0 Å². The summed E-state index contributed by atoms with van der Waals surface area (Å²) in [4.78, 5) is 17.2. The maximum atomic E-state index is 12.7. The number of benzene rings is 1. The summed E-state index contributed by atoms with van der Waals surface area (Å²) < 4.78 is 0. The average Bonchev–Trinajstić information content (AvgIpc) is 2.92. The van der Waals surface area contributed by atoms with E-state index in [2.05, 4.69) is 15.6 Å². The first-order valence-corrected chi connectivity index (χ1v) is 9.18. The second-order valence-corrected chi connectivity index (χ2v) is 6.50. The molecule has 2 aliphatic heterocycles. The van der Waals surface area contributed by atoms with Crippen molar-refractivity contribution in [1.82, 2.24) is 10.0 Å². The Bertz CT molecular complexity index is 738. The molecule has 2 heterocycles. The Morgan fingerprint density at radius 3 is 2.44 bits per heavy atom. The molecule has 0 saturated carbocycles. The Hall–Kier alpha value is -2.65. The van der Waals surface area contributed by atoms with Crippen LogP contribution in [-0.2, 0) is 4.79 Å². The molecule has 0 unspecified atom stereocenters. The lowest BCUT2D eigenvalue weighted by Gasteiger charge is -2.32. The molecule has 0 aliphatic carbocycles. The molecule has 27 heavy (non-hydrogen) atoms. The van der Waals surface area contributed by atoms with E-state index in [4.69, 9.17) is 10.5 Å². The minimum atomic E-state index is -0.243. The van der Waals surface area contributed by atoms with Gasteiger partial charge in [-0.2, -0.15) is 0 Å². The van der Waals surface area contributed by atoms with Gasteiger partial charge in [-0.1, -0.05) is 0 Å². The molecule has 9 nitrogen and oxygen atoms in total. The zero-order valence-electron chi connectivity index (χ0n) is 15.5. The highest BCUT2D eigenvalue weighted by atomic mass is 16.3. The summed E-state index contributed by atoms with van der Waals surface area (Å²) in [6.45, 7) is 3.89. The number of amides is 1. The molecule has 0 radical (unpaired) electrons. The van der Waals surface area contributed by atoms with Crippen LogP contribution >= 0.6 is 0 Å². The molecular formula is C18H26N6O3. The molecule has 2 aliphatic rings. The van der Waals surface area contributed by atoms with E-state index >= 15 is 0 Å². The van der Waals surface area contributed by atoms with E-state index in [0.717, 1.165) is 24.1 Å². The summed E-state index contributed by atoms with van der Waals surface area (Å²) in [6, 6.07) is 3.61. The summed E-state index contributed by atoms with van der Waals surface area (Å²) >= 11 is 0. The van der Waals surface area contributed by atoms with Gasteiger partial charge in [0.25, 0.3) is 5.91 Å². The molecule has 1 amide bonds. The van der Waals surface area contributed by atoms with Crippen molar-refractivity contribution in [1.29, 1.82) is 5.41 Å². The summed E-state index contributed by atoms with van der Waals surface area (Å²) in [5.74, 6) is -0.110. The number of nitrogens with zero attached hydrogens (tertiary/aromatic N) is 3. The molecule has 3 rings (SSSR count). The third kappa shape index (κ3) is 3.74. The summed E-state index contributed by atoms with van der Waals surface area (Å²) in [7, 11) is 0. The van der Waals surface area contributed by atoms with E-state index in [1.165, 1.54) is 0 Å². The third-order valence-electron chi connectivity index (χ3n) is 4.72. The number of aliphatic hydroxyl groups is 2. The monoisotopic (exact) mass is 374 g/mol. The molecule has 2 saturated heterocycles. The number of amidine groups is 1. The van der Waals surface area contributed by atoms with Gasteiger partial charge in [0.05, 0.1) is 24.6 Å². The van der Waals surface area contributed by atoms with Gasteiger partial charge < -0.3 is 20.8 Å². The number of carbonyl (C=O) groups is 1. The van der Waals surface area contributed by atoms with Crippen LogP contribution < -0.4 is 10.6 Å². The first kappa shape index (κ1) is 19.1. The van der Waals surface area contributed by atoms with Crippen molar-refractivity contribution in [3.63, 3.8) is 0 Å². The van der Waals surface area contributed by atoms with Crippen molar-refractivity contribution in [3.05, 3.63) is 17.7 Å². The number of rotatable bonds is 7. The SMILES string of the molecule is Cc1c(NCCO)ccc(N=C2C(=N)N3CCCCN3C2=O)c1NCCO. The van der Waals surface area contributed by atoms with Gasteiger partial charge in [0.15, 0.2) is 11.5 Å². The predicted octanol–water partition coefficient (Wildman–Crippen LogP) is 0.706. The molecule has 5 N–H and O–H groups in total. The molecule has 0 atom stereocenters. The number of hydrazine groups is 1. The van der Waals surface area contributed by atoms with Crippen molar-refractivity contribution >= 4 is 34.5 Å². The van der Waals surface area contributed by atoms with Gasteiger partial charge in [0.1, 0.15) is 0 Å². The number of anilines is 2. The number of hydrogen-bond donors (Lipinski definition) is 5. The molecule has 146 valence electrons. The molecular weight excluding hydrogens is 348 g/mol. The van der Waals surface area contributed by atoms with E-state index in [9.17, 15) is 9.90 Å². The summed E-state index contributed by atoms with van der Waals surface area (Å²) in [5.41, 5.74) is 3.08. The second-order valence-electron chi connectivity index (χ2n) is 6.50. The van der Waals surface area contributed by atoms with Crippen LogP contribution in [0.3, 0.4) is 0 Å². The minimum Gasteiger partial charge on any atom is -0.395 e. The molecule has 1 aromatic rings. The second kappa shape index (κ2) is 8.36. The highest BCUT2D eigenvalue weighted by Crippen LogP contribution is 2.34. The highest BCUT2D eigenvalue weighted by Gasteiger charge is 2.40. The highest BCUT2D eigenvalue weighted by molar-refractivity contribution is 6.68. The van der Waals surface area contributed by atoms with E-state index in [1.54, 1.807) is 16.1 Å². The number of aliphatic imine (C=N–C) groups is 1. The van der Waals surface area contributed by atoms with Crippen LogP contribution in [0.5, 0.6) is 0 Å². The molecule has 9 heteroatoms. The molecule has 2 fully saturated rings. The van der Waals surface area contributed by atoms with Crippen molar-refractivity contribution in [2.75, 3.05) is 50.0 Å². The van der Waals surface area contributed by atoms with E-state index in [-0.39, 0.29) is 30.7 Å². The molecule has 0 spiro atoms. The van der Waals surface area contributed by atoms with Gasteiger partial charge in [0, 0.05) is 31.9 Å². The normalized spacial score (nSPS) is 18.3. The Morgan fingerprint density at radius 1 is 1.11 bits per heavy atom. The molecule has 0 bridgehead atoms.